The number of ketones is 1. The summed E-state index contributed by atoms with van der Waals surface area (Å²) in [6, 6.07) is 14.3. The Balaban J connectivity index is 1.74. The van der Waals surface area contributed by atoms with Crippen LogP contribution in [0, 0.1) is 0 Å². The third-order valence-electron chi connectivity index (χ3n) is 4.48. The molecule has 2 heterocycles. The summed E-state index contributed by atoms with van der Waals surface area (Å²) in [6.45, 7) is 1.39. The number of para-hydroxylation sites is 2. The lowest BCUT2D eigenvalue weighted by Gasteiger charge is -2.24. The summed E-state index contributed by atoms with van der Waals surface area (Å²) in [5.41, 5.74) is 2.26. The first-order valence-corrected chi connectivity index (χ1v) is 8.26. The summed E-state index contributed by atoms with van der Waals surface area (Å²) in [5.74, 6) is -1.37. The van der Waals surface area contributed by atoms with Gasteiger partial charge in [-0.15, -0.1) is 0 Å². The molecule has 130 valence electrons. The summed E-state index contributed by atoms with van der Waals surface area (Å²) in [4.78, 5) is 36.8. The van der Waals surface area contributed by atoms with Crippen molar-refractivity contribution < 1.29 is 18.8 Å². The highest BCUT2D eigenvalue weighted by atomic mass is 16.3. The summed E-state index contributed by atoms with van der Waals surface area (Å²) in [5, 5.41) is 6.24. The predicted molar refractivity (Wildman–Crippen MR) is 97.3 cm³/mol. The Kier molecular flexibility index (Phi) is 3.80. The van der Waals surface area contributed by atoms with Crippen LogP contribution in [0.3, 0.4) is 0 Å². The number of hydrogen-bond acceptors (Lipinski definition) is 4. The molecule has 2 N–H and O–H groups in total. The second-order valence-electron chi connectivity index (χ2n) is 6.24. The zero-order valence-corrected chi connectivity index (χ0v) is 14.0. The normalized spacial score (nSPS) is 16.0. The fraction of sp³-hybridized carbons (Fsp3) is 0.150. The van der Waals surface area contributed by atoms with E-state index in [9.17, 15) is 14.4 Å². The van der Waals surface area contributed by atoms with Gasteiger partial charge in [0.05, 0.1) is 11.6 Å². The standard InChI is InChI=1S/C20H16N2O4/c1-11(23)19-18(13-7-3-5-9-16(13)26-19)22-20(25)14-10-17(24)21-15-8-4-2-6-12(14)15/h2-9,14H,10H2,1H3,(H,21,24)(H,22,25). The van der Waals surface area contributed by atoms with E-state index in [1.165, 1.54) is 6.92 Å². The second kappa shape index (κ2) is 6.15. The van der Waals surface area contributed by atoms with Crippen molar-refractivity contribution in [3.63, 3.8) is 0 Å². The topological polar surface area (TPSA) is 88.4 Å². The van der Waals surface area contributed by atoms with E-state index in [0.29, 0.717) is 22.3 Å². The zero-order chi connectivity index (χ0) is 18.3. The second-order valence-corrected chi connectivity index (χ2v) is 6.24. The van der Waals surface area contributed by atoms with Crippen LogP contribution < -0.4 is 10.6 Å². The number of amides is 2. The molecule has 26 heavy (non-hydrogen) atoms. The van der Waals surface area contributed by atoms with Gasteiger partial charge in [-0.3, -0.25) is 14.4 Å². The Morgan fingerprint density at radius 2 is 1.85 bits per heavy atom. The minimum Gasteiger partial charge on any atom is -0.451 e. The largest absolute Gasteiger partial charge is 0.451 e. The summed E-state index contributed by atoms with van der Waals surface area (Å²) < 4.78 is 5.60. The molecule has 1 aliphatic rings. The highest BCUT2D eigenvalue weighted by Crippen LogP contribution is 2.35. The minimum atomic E-state index is -0.631. The van der Waals surface area contributed by atoms with E-state index in [-0.39, 0.29) is 29.8 Å². The molecule has 1 atom stereocenters. The van der Waals surface area contributed by atoms with Crippen molar-refractivity contribution in [2.45, 2.75) is 19.3 Å². The van der Waals surface area contributed by atoms with Crippen molar-refractivity contribution in [3.8, 4) is 0 Å². The van der Waals surface area contributed by atoms with Gasteiger partial charge in [0, 0.05) is 24.4 Å². The number of anilines is 2. The fourth-order valence-electron chi connectivity index (χ4n) is 3.27. The average Bonchev–Trinajstić information content (AvgIpc) is 3.00. The summed E-state index contributed by atoms with van der Waals surface area (Å²) >= 11 is 0. The number of Topliss-reactive ketones (excluding diaryl/α,β-unsaturated/α-hetero) is 1. The lowest BCUT2D eigenvalue weighted by Crippen LogP contribution is -2.31. The van der Waals surface area contributed by atoms with Gasteiger partial charge in [-0.1, -0.05) is 30.3 Å². The highest BCUT2D eigenvalue weighted by Gasteiger charge is 2.32. The van der Waals surface area contributed by atoms with E-state index in [1.54, 1.807) is 36.4 Å². The van der Waals surface area contributed by atoms with Crippen LogP contribution >= 0.6 is 0 Å². The Morgan fingerprint density at radius 1 is 1.12 bits per heavy atom. The lowest BCUT2D eigenvalue weighted by atomic mass is 9.89. The Labute approximate surface area is 149 Å². The minimum absolute atomic E-state index is 0.0496. The quantitative estimate of drug-likeness (QED) is 0.707. The van der Waals surface area contributed by atoms with Gasteiger partial charge in [0.1, 0.15) is 5.58 Å². The van der Waals surface area contributed by atoms with E-state index >= 15 is 0 Å². The van der Waals surface area contributed by atoms with Gasteiger partial charge in [-0.05, 0) is 23.8 Å². The van der Waals surface area contributed by atoms with Crippen LogP contribution in [0.2, 0.25) is 0 Å². The number of benzene rings is 2. The van der Waals surface area contributed by atoms with Crippen LogP contribution in [-0.2, 0) is 9.59 Å². The van der Waals surface area contributed by atoms with Crippen LogP contribution in [0.5, 0.6) is 0 Å². The lowest BCUT2D eigenvalue weighted by molar-refractivity contribution is -0.123. The first-order valence-electron chi connectivity index (χ1n) is 8.26. The van der Waals surface area contributed by atoms with E-state index in [2.05, 4.69) is 10.6 Å². The van der Waals surface area contributed by atoms with Crippen molar-refractivity contribution in [3.05, 3.63) is 59.9 Å². The van der Waals surface area contributed by atoms with E-state index in [4.69, 9.17) is 4.42 Å². The van der Waals surface area contributed by atoms with Gasteiger partial charge in [-0.25, -0.2) is 0 Å². The predicted octanol–water partition coefficient (Wildman–Crippen LogP) is 3.70. The average molecular weight is 348 g/mol. The fourth-order valence-corrected chi connectivity index (χ4v) is 3.27. The zero-order valence-electron chi connectivity index (χ0n) is 14.0. The SMILES string of the molecule is CC(=O)c1oc2ccccc2c1NC(=O)C1CC(=O)Nc2ccccc21. The maximum Gasteiger partial charge on any atom is 0.232 e. The molecule has 1 aromatic heterocycles. The van der Waals surface area contributed by atoms with Crippen LogP contribution in [-0.4, -0.2) is 17.6 Å². The number of hydrogen-bond donors (Lipinski definition) is 2. The molecular weight excluding hydrogens is 332 g/mol. The number of fused-ring (bicyclic) bond motifs is 2. The van der Waals surface area contributed by atoms with Crippen LogP contribution in [0.1, 0.15) is 35.4 Å². The number of furan rings is 1. The molecule has 2 amide bonds. The number of rotatable bonds is 3. The Bertz CT molecular complexity index is 1050. The molecule has 0 saturated carbocycles. The molecule has 3 aromatic rings. The van der Waals surface area contributed by atoms with E-state index in [1.807, 2.05) is 12.1 Å². The first kappa shape index (κ1) is 16.1. The smallest absolute Gasteiger partial charge is 0.232 e. The third-order valence-corrected chi connectivity index (χ3v) is 4.48. The number of carbonyl (C=O) groups is 3. The van der Waals surface area contributed by atoms with Gasteiger partial charge >= 0.3 is 0 Å². The van der Waals surface area contributed by atoms with Crippen molar-refractivity contribution in [2.24, 2.45) is 0 Å². The molecule has 6 nitrogen and oxygen atoms in total. The first-order chi connectivity index (χ1) is 12.5. The Morgan fingerprint density at radius 3 is 2.65 bits per heavy atom. The maximum atomic E-state index is 12.9. The van der Waals surface area contributed by atoms with Gasteiger partial charge in [0.25, 0.3) is 0 Å². The van der Waals surface area contributed by atoms with Gasteiger partial charge < -0.3 is 15.1 Å². The van der Waals surface area contributed by atoms with Crippen molar-refractivity contribution in [1.82, 2.24) is 0 Å². The molecule has 0 bridgehead atoms. The van der Waals surface area contributed by atoms with Crippen LogP contribution in [0.25, 0.3) is 11.0 Å². The molecular formula is C20H16N2O4. The van der Waals surface area contributed by atoms with Crippen LogP contribution in [0.15, 0.2) is 52.9 Å². The number of carbonyl (C=O) groups excluding carboxylic acids is 3. The molecule has 4 rings (SSSR count). The molecule has 0 spiro atoms. The highest BCUT2D eigenvalue weighted by molar-refractivity contribution is 6.13. The van der Waals surface area contributed by atoms with Crippen LogP contribution in [0.4, 0.5) is 11.4 Å². The monoisotopic (exact) mass is 348 g/mol. The van der Waals surface area contributed by atoms with Gasteiger partial charge in [0.15, 0.2) is 11.5 Å². The summed E-state index contributed by atoms with van der Waals surface area (Å²) in [7, 11) is 0. The van der Waals surface area contributed by atoms with Crippen molar-refractivity contribution >= 4 is 39.9 Å². The maximum absolute atomic E-state index is 12.9. The third kappa shape index (κ3) is 2.65. The molecule has 0 fully saturated rings. The molecule has 6 heteroatoms. The molecule has 0 radical (unpaired) electrons. The van der Waals surface area contributed by atoms with E-state index in [0.717, 1.165) is 5.56 Å². The molecule has 0 saturated heterocycles. The van der Waals surface area contributed by atoms with Crippen molar-refractivity contribution in [1.29, 1.82) is 0 Å². The molecule has 1 aliphatic heterocycles. The van der Waals surface area contributed by atoms with Crippen molar-refractivity contribution in [2.75, 3.05) is 10.6 Å². The summed E-state index contributed by atoms with van der Waals surface area (Å²) in [6.07, 6.45) is 0.0496. The molecule has 1 unspecified atom stereocenters. The van der Waals surface area contributed by atoms with Gasteiger partial charge in [0.2, 0.25) is 11.8 Å². The molecule has 2 aromatic carbocycles. The number of nitrogens with one attached hydrogen (secondary N) is 2. The molecule has 0 aliphatic carbocycles. The Hall–Kier alpha value is -3.41. The van der Waals surface area contributed by atoms with Gasteiger partial charge in [-0.2, -0.15) is 0 Å². The van der Waals surface area contributed by atoms with E-state index < -0.39 is 5.92 Å².